The van der Waals surface area contributed by atoms with Gasteiger partial charge in [-0.2, -0.15) is 8.42 Å². The Bertz CT molecular complexity index is 934. The van der Waals surface area contributed by atoms with Crippen molar-refractivity contribution in [3.63, 3.8) is 0 Å². The Labute approximate surface area is 162 Å². The van der Waals surface area contributed by atoms with E-state index < -0.39 is 26.2 Å². The number of allylic oxidation sites excluding steroid dienone is 1. The summed E-state index contributed by atoms with van der Waals surface area (Å²) in [5.74, 6) is -0.512. The molecule has 0 bridgehead atoms. The molecule has 1 aliphatic rings. The normalized spacial score (nSPS) is 17.3. The zero-order valence-electron chi connectivity index (χ0n) is 17.9. The lowest BCUT2D eigenvalue weighted by molar-refractivity contribution is -0.128. The smallest absolute Gasteiger partial charge is 0.318 e. The summed E-state index contributed by atoms with van der Waals surface area (Å²) in [6, 6.07) is 0. The third-order valence-corrected chi connectivity index (χ3v) is 7.74. The van der Waals surface area contributed by atoms with Crippen molar-refractivity contribution in [1.29, 1.82) is 0 Å². The first-order valence-electron chi connectivity index (χ1n) is 9.02. The molecule has 150 valence electrons. The zero-order chi connectivity index (χ0) is 21.1. The van der Waals surface area contributed by atoms with Crippen LogP contribution in [0.1, 0.15) is 68.0 Å². The number of ether oxygens (including phenoxy) is 1. The maximum atomic E-state index is 13.3. The molecule has 0 saturated heterocycles. The van der Waals surface area contributed by atoms with E-state index in [1.807, 2.05) is 34.6 Å². The van der Waals surface area contributed by atoms with Gasteiger partial charge in [-0.3, -0.25) is 4.79 Å². The second kappa shape index (κ2) is 6.36. The summed E-state index contributed by atoms with van der Waals surface area (Å²) in [4.78, 5) is 12.5. The molecule has 6 heteroatoms. The molecule has 0 N–H and O–H groups in total. The van der Waals surface area contributed by atoms with Crippen LogP contribution in [0.2, 0.25) is 0 Å². The number of Topliss-reactive ketones (excluding diaryl/α,β-unsaturated/α-hetero) is 1. The van der Waals surface area contributed by atoms with Crippen LogP contribution >= 0.6 is 0 Å². The van der Waals surface area contributed by atoms with E-state index >= 15 is 0 Å². The standard InChI is InChI=1S/C21H30O5S/c1-11-12(2)14(4)17(15(5)13(11)3)21(9,10)27(23,24)26-18-16(6)25-20(7,8)19(18)22/h1-10H3. The highest BCUT2D eigenvalue weighted by atomic mass is 32.2. The predicted octanol–water partition coefficient (Wildman–Crippen LogP) is 4.42. The molecule has 0 fully saturated rings. The number of ketones is 1. The van der Waals surface area contributed by atoms with Gasteiger partial charge in [0.2, 0.25) is 11.5 Å². The van der Waals surface area contributed by atoms with Crippen molar-refractivity contribution >= 4 is 15.9 Å². The third-order valence-electron chi connectivity index (χ3n) is 5.90. The van der Waals surface area contributed by atoms with Gasteiger partial charge in [0.1, 0.15) is 10.5 Å². The van der Waals surface area contributed by atoms with Crippen LogP contribution in [-0.2, 0) is 28.6 Å². The van der Waals surface area contributed by atoms with E-state index in [1.54, 1.807) is 34.6 Å². The first kappa shape index (κ1) is 21.5. The van der Waals surface area contributed by atoms with Crippen molar-refractivity contribution in [2.45, 2.75) is 79.6 Å². The summed E-state index contributed by atoms with van der Waals surface area (Å²) in [6.07, 6.45) is 0. The molecule has 0 atom stereocenters. The van der Waals surface area contributed by atoms with Crippen LogP contribution in [0.25, 0.3) is 0 Å². The molecule has 27 heavy (non-hydrogen) atoms. The van der Waals surface area contributed by atoms with E-state index in [2.05, 4.69) is 0 Å². The SMILES string of the molecule is CC1=C(OS(=O)(=O)C(C)(C)c2c(C)c(C)c(C)c(C)c2C)C(=O)C(C)(C)O1. The average Bonchev–Trinajstić information content (AvgIpc) is 2.72. The molecule has 1 aromatic carbocycles. The van der Waals surface area contributed by atoms with Crippen LogP contribution in [-0.4, -0.2) is 19.8 Å². The summed E-state index contributed by atoms with van der Waals surface area (Å²) in [7, 11) is -4.16. The summed E-state index contributed by atoms with van der Waals surface area (Å²) in [5.41, 5.74) is 4.72. The molecule has 0 amide bonds. The summed E-state index contributed by atoms with van der Waals surface area (Å²) in [5, 5.41) is 0. The van der Waals surface area contributed by atoms with Gasteiger partial charge in [0.25, 0.3) is 0 Å². The molecule has 0 aliphatic carbocycles. The first-order valence-corrected chi connectivity index (χ1v) is 10.4. The van der Waals surface area contributed by atoms with Crippen LogP contribution in [0.4, 0.5) is 0 Å². The quantitative estimate of drug-likeness (QED) is 0.707. The monoisotopic (exact) mass is 394 g/mol. The minimum Gasteiger partial charge on any atom is -0.480 e. The second-order valence-corrected chi connectivity index (χ2v) is 10.5. The molecule has 0 aromatic heterocycles. The maximum absolute atomic E-state index is 13.3. The van der Waals surface area contributed by atoms with Crippen molar-refractivity contribution in [3.8, 4) is 0 Å². The van der Waals surface area contributed by atoms with Gasteiger partial charge in [-0.15, -0.1) is 0 Å². The van der Waals surface area contributed by atoms with Crippen molar-refractivity contribution in [1.82, 2.24) is 0 Å². The molecular formula is C21H30O5S. The highest BCUT2D eigenvalue weighted by molar-refractivity contribution is 7.87. The summed E-state index contributed by atoms with van der Waals surface area (Å²) in [6.45, 7) is 17.8. The Kier molecular flexibility index (Phi) is 5.06. The number of carbonyl (C=O) groups is 1. The number of carbonyl (C=O) groups excluding carboxylic acids is 1. The topological polar surface area (TPSA) is 69.7 Å². The highest BCUT2D eigenvalue weighted by Crippen LogP contribution is 2.41. The first-order chi connectivity index (χ1) is 12.1. The Hall–Kier alpha value is -1.82. The Morgan fingerprint density at radius 2 is 1.26 bits per heavy atom. The van der Waals surface area contributed by atoms with Gasteiger partial charge in [-0.1, -0.05) is 0 Å². The van der Waals surface area contributed by atoms with Gasteiger partial charge >= 0.3 is 10.1 Å². The van der Waals surface area contributed by atoms with Crippen molar-refractivity contribution < 1.29 is 22.1 Å². The van der Waals surface area contributed by atoms with Crippen LogP contribution in [0.15, 0.2) is 11.5 Å². The summed E-state index contributed by atoms with van der Waals surface area (Å²) >= 11 is 0. The van der Waals surface area contributed by atoms with E-state index in [0.29, 0.717) is 5.56 Å². The van der Waals surface area contributed by atoms with Crippen LogP contribution < -0.4 is 0 Å². The van der Waals surface area contributed by atoms with Crippen LogP contribution in [0.3, 0.4) is 0 Å². The molecule has 0 spiro atoms. The van der Waals surface area contributed by atoms with E-state index in [9.17, 15) is 13.2 Å². The fourth-order valence-corrected chi connectivity index (χ4v) is 4.92. The molecule has 0 radical (unpaired) electrons. The van der Waals surface area contributed by atoms with Crippen molar-refractivity contribution in [3.05, 3.63) is 44.9 Å². The number of hydrogen-bond donors (Lipinski definition) is 0. The van der Waals surface area contributed by atoms with Gasteiger partial charge < -0.3 is 8.92 Å². The second-order valence-electron chi connectivity index (χ2n) is 8.37. The average molecular weight is 395 g/mol. The summed E-state index contributed by atoms with van der Waals surface area (Å²) < 4.78 is 36.0. The Morgan fingerprint density at radius 1 is 0.852 bits per heavy atom. The fraction of sp³-hybridized carbons (Fsp3) is 0.571. The van der Waals surface area contributed by atoms with Gasteiger partial charge in [-0.25, -0.2) is 0 Å². The van der Waals surface area contributed by atoms with E-state index in [0.717, 1.165) is 27.8 Å². The van der Waals surface area contributed by atoms with Crippen LogP contribution in [0, 0.1) is 34.6 Å². The van der Waals surface area contributed by atoms with Gasteiger partial charge in [0.15, 0.2) is 5.60 Å². The minimum atomic E-state index is -4.16. The Morgan fingerprint density at radius 3 is 1.63 bits per heavy atom. The predicted molar refractivity (Wildman–Crippen MR) is 106 cm³/mol. The lowest BCUT2D eigenvalue weighted by Gasteiger charge is -2.31. The van der Waals surface area contributed by atoms with Gasteiger partial charge in [-0.05, 0) is 103 Å². The largest absolute Gasteiger partial charge is 0.480 e. The zero-order valence-corrected chi connectivity index (χ0v) is 18.8. The van der Waals surface area contributed by atoms with Crippen molar-refractivity contribution in [2.75, 3.05) is 0 Å². The molecule has 1 aromatic rings. The molecule has 2 rings (SSSR count). The van der Waals surface area contributed by atoms with Gasteiger partial charge in [0.05, 0.1) is 0 Å². The van der Waals surface area contributed by atoms with Gasteiger partial charge in [0, 0.05) is 0 Å². The molecule has 0 unspecified atom stereocenters. The lowest BCUT2D eigenvalue weighted by atomic mass is 9.84. The minimum absolute atomic E-state index is 0.189. The lowest BCUT2D eigenvalue weighted by Crippen LogP contribution is -2.35. The Balaban J connectivity index is 2.61. The molecule has 1 aliphatic heterocycles. The van der Waals surface area contributed by atoms with E-state index in [4.69, 9.17) is 8.92 Å². The van der Waals surface area contributed by atoms with Crippen molar-refractivity contribution in [2.24, 2.45) is 0 Å². The number of hydrogen-bond acceptors (Lipinski definition) is 5. The van der Waals surface area contributed by atoms with Crippen LogP contribution in [0.5, 0.6) is 0 Å². The van der Waals surface area contributed by atoms with E-state index in [-0.39, 0.29) is 11.5 Å². The number of benzene rings is 1. The third kappa shape index (κ3) is 3.18. The molecule has 5 nitrogen and oxygen atoms in total. The van der Waals surface area contributed by atoms with E-state index in [1.165, 1.54) is 0 Å². The molecule has 0 saturated carbocycles. The number of rotatable bonds is 4. The fourth-order valence-electron chi connectivity index (χ4n) is 3.75. The maximum Gasteiger partial charge on any atom is 0.318 e. The molecule has 1 heterocycles. The highest BCUT2D eigenvalue weighted by Gasteiger charge is 2.48. The molecular weight excluding hydrogens is 364 g/mol.